The molecule has 4 nitrogen and oxygen atoms in total. The van der Waals surface area contributed by atoms with Gasteiger partial charge in [0.25, 0.3) is 0 Å². The van der Waals surface area contributed by atoms with Crippen molar-refractivity contribution in [3.05, 3.63) is 29.8 Å². The predicted molar refractivity (Wildman–Crippen MR) is 54.2 cm³/mol. The van der Waals surface area contributed by atoms with Crippen molar-refractivity contribution < 1.29 is 0 Å². The average molecular weight is 205 g/mol. The van der Waals surface area contributed by atoms with Crippen molar-refractivity contribution in [3.63, 3.8) is 0 Å². The Morgan fingerprint density at radius 3 is 3.07 bits per heavy atom. The zero-order chi connectivity index (χ0) is 9.54. The van der Waals surface area contributed by atoms with Gasteiger partial charge in [-0.2, -0.15) is 0 Å². The Bertz CT molecular complexity index is 616. The van der Waals surface area contributed by atoms with Gasteiger partial charge in [0.1, 0.15) is 23.0 Å². The highest BCUT2D eigenvalue weighted by Gasteiger charge is 2.08. The van der Waals surface area contributed by atoms with Crippen LogP contribution in [-0.4, -0.2) is 19.9 Å². The maximum absolute atomic E-state index is 5.92. The number of aromatic nitrogens is 4. The number of pyridine rings is 1. The van der Waals surface area contributed by atoms with Crippen molar-refractivity contribution in [2.45, 2.75) is 0 Å². The summed E-state index contributed by atoms with van der Waals surface area (Å²) in [4.78, 5) is 15.3. The molecule has 3 rings (SSSR count). The van der Waals surface area contributed by atoms with Crippen LogP contribution in [0.1, 0.15) is 0 Å². The number of hydrogen-bond acceptors (Lipinski definition) is 3. The predicted octanol–water partition coefficient (Wildman–Crippen LogP) is 2.16. The topological polar surface area (TPSA) is 54.5 Å². The van der Waals surface area contributed by atoms with Gasteiger partial charge >= 0.3 is 0 Å². The number of nitrogens with one attached hydrogen (secondary N) is 1. The Morgan fingerprint density at radius 2 is 2.14 bits per heavy atom. The summed E-state index contributed by atoms with van der Waals surface area (Å²) in [6.07, 6.45) is 3.17. The first-order valence-electron chi connectivity index (χ1n) is 4.09. The smallest absolute Gasteiger partial charge is 0.156 e. The first kappa shape index (κ1) is 7.70. The van der Waals surface area contributed by atoms with E-state index in [4.69, 9.17) is 11.6 Å². The molecule has 0 aliphatic carbocycles. The van der Waals surface area contributed by atoms with Crippen molar-refractivity contribution in [3.8, 4) is 0 Å². The van der Waals surface area contributed by atoms with E-state index in [9.17, 15) is 0 Å². The van der Waals surface area contributed by atoms with Crippen molar-refractivity contribution in [1.29, 1.82) is 0 Å². The highest BCUT2D eigenvalue weighted by atomic mass is 35.5. The second kappa shape index (κ2) is 2.65. The Labute approximate surface area is 84.0 Å². The molecule has 3 aromatic heterocycles. The molecule has 0 aliphatic rings. The molecule has 0 bridgehead atoms. The number of aromatic amines is 1. The standard InChI is InChI=1S/C9H5ClN4/c10-8-7-6(12-4-13-8)5-2-1-3-11-9(5)14-7/h1-4H,(H,11,14). The lowest BCUT2D eigenvalue weighted by Gasteiger charge is -1.89. The average Bonchev–Trinajstić information content (AvgIpc) is 2.59. The van der Waals surface area contributed by atoms with E-state index in [1.54, 1.807) is 6.20 Å². The number of rotatable bonds is 0. The zero-order valence-electron chi connectivity index (χ0n) is 7.03. The highest BCUT2D eigenvalue weighted by molar-refractivity contribution is 6.34. The summed E-state index contributed by atoms with van der Waals surface area (Å²) in [6, 6.07) is 3.82. The molecule has 0 aliphatic heterocycles. The quantitative estimate of drug-likeness (QED) is 0.571. The number of halogens is 1. The summed E-state index contributed by atoms with van der Waals surface area (Å²) in [6.45, 7) is 0. The van der Waals surface area contributed by atoms with E-state index in [0.717, 1.165) is 22.1 Å². The van der Waals surface area contributed by atoms with Crippen LogP contribution in [0.5, 0.6) is 0 Å². The molecule has 14 heavy (non-hydrogen) atoms. The van der Waals surface area contributed by atoms with Gasteiger partial charge in [-0.15, -0.1) is 0 Å². The van der Waals surface area contributed by atoms with E-state index >= 15 is 0 Å². The monoisotopic (exact) mass is 204 g/mol. The van der Waals surface area contributed by atoms with Gasteiger partial charge in [-0.25, -0.2) is 15.0 Å². The van der Waals surface area contributed by atoms with Crippen LogP contribution in [0.2, 0.25) is 5.15 Å². The molecular weight excluding hydrogens is 200 g/mol. The highest BCUT2D eigenvalue weighted by Crippen LogP contribution is 2.24. The molecular formula is C9H5ClN4. The van der Waals surface area contributed by atoms with E-state index in [1.807, 2.05) is 12.1 Å². The lowest BCUT2D eigenvalue weighted by Crippen LogP contribution is -1.79. The largest absolute Gasteiger partial charge is 0.335 e. The number of hydrogen-bond donors (Lipinski definition) is 1. The van der Waals surface area contributed by atoms with Gasteiger partial charge in [0, 0.05) is 11.6 Å². The van der Waals surface area contributed by atoms with Crippen LogP contribution in [0.15, 0.2) is 24.7 Å². The van der Waals surface area contributed by atoms with E-state index in [-0.39, 0.29) is 0 Å². The van der Waals surface area contributed by atoms with Crippen LogP contribution in [-0.2, 0) is 0 Å². The van der Waals surface area contributed by atoms with E-state index in [1.165, 1.54) is 6.33 Å². The summed E-state index contributed by atoms with van der Waals surface area (Å²) < 4.78 is 0. The van der Waals surface area contributed by atoms with E-state index in [2.05, 4.69) is 19.9 Å². The van der Waals surface area contributed by atoms with Crippen LogP contribution < -0.4 is 0 Å². The molecule has 68 valence electrons. The second-order valence-corrected chi connectivity index (χ2v) is 3.27. The number of H-pyrrole nitrogens is 1. The Kier molecular flexibility index (Phi) is 1.46. The number of nitrogens with zero attached hydrogens (tertiary/aromatic N) is 3. The fourth-order valence-corrected chi connectivity index (χ4v) is 1.67. The fraction of sp³-hybridized carbons (Fsp3) is 0. The molecule has 0 saturated heterocycles. The lowest BCUT2D eigenvalue weighted by molar-refractivity contribution is 1.22. The minimum absolute atomic E-state index is 0.424. The van der Waals surface area contributed by atoms with Crippen molar-refractivity contribution in [1.82, 2.24) is 19.9 Å². The summed E-state index contributed by atoms with van der Waals surface area (Å²) in [5.74, 6) is 0. The molecule has 0 spiro atoms. The minimum Gasteiger partial charge on any atom is -0.335 e. The first-order chi connectivity index (χ1) is 6.86. The second-order valence-electron chi connectivity index (χ2n) is 2.91. The Balaban J connectivity index is 2.63. The van der Waals surface area contributed by atoms with Crippen molar-refractivity contribution >= 4 is 33.7 Å². The van der Waals surface area contributed by atoms with Crippen molar-refractivity contribution in [2.75, 3.05) is 0 Å². The van der Waals surface area contributed by atoms with Crippen LogP contribution in [0.4, 0.5) is 0 Å². The van der Waals surface area contributed by atoms with E-state index in [0.29, 0.717) is 5.15 Å². The first-order valence-corrected chi connectivity index (χ1v) is 4.47. The summed E-state index contributed by atoms with van der Waals surface area (Å²) in [5.41, 5.74) is 2.33. The summed E-state index contributed by atoms with van der Waals surface area (Å²) in [7, 11) is 0. The Hall–Kier alpha value is -1.68. The maximum Gasteiger partial charge on any atom is 0.156 e. The zero-order valence-corrected chi connectivity index (χ0v) is 7.78. The van der Waals surface area contributed by atoms with E-state index < -0.39 is 0 Å². The van der Waals surface area contributed by atoms with Crippen LogP contribution in [0.25, 0.3) is 22.1 Å². The molecule has 0 aromatic carbocycles. The molecule has 1 N–H and O–H groups in total. The summed E-state index contributed by atoms with van der Waals surface area (Å²) >= 11 is 5.92. The number of fused-ring (bicyclic) bond motifs is 3. The minimum atomic E-state index is 0.424. The van der Waals surface area contributed by atoms with Crippen LogP contribution in [0, 0.1) is 0 Å². The third-order valence-electron chi connectivity index (χ3n) is 2.11. The van der Waals surface area contributed by atoms with Gasteiger partial charge in [-0.1, -0.05) is 11.6 Å². The van der Waals surface area contributed by atoms with Crippen LogP contribution >= 0.6 is 11.6 Å². The molecule has 5 heteroatoms. The molecule has 0 radical (unpaired) electrons. The van der Waals surface area contributed by atoms with Gasteiger partial charge in [0.15, 0.2) is 5.15 Å². The molecule has 0 amide bonds. The van der Waals surface area contributed by atoms with Gasteiger partial charge in [-0.05, 0) is 12.1 Å². The van der Waals surface area contributed by atoms with Gasteiger partial charge in [0.05, 0.1) is 0 Å². The lowest BCUT2D eigenvalue weighted by atomic mass is 10.3. The molecule has 0 atom stereocenters. The van der Waals surface area contributed by atoms with Gasteiger partial charge in [-0.3, -0.25) is 0 Å². The molecule has 0 saturated carbocycles. The van der Waals surface area contributed by atoms with Crippen molar-refractivity contribution in [2.24, 2.45) is 0 Å². The molecule has 3 heterocycles. The SMILES string of the molecule is Clc1ncnc2c1[nH]c1ncccc12. The summed E-state index contributed by atoms with van der Waals surface area (Å²) in [5, 5.41) is 1.39. The third kappa shape index (κ3) is 0.914. The fourth-order valence-electron chi connectivity index (χ4n) is 1.49. The molecule has 3 aromatic rings. The van der Waals surface area contributed by atoms with Crippen LogP contribution in [0.3, 0.4) is 0 Å². The van der Waals surface area contributed by atoms with Gasteiger partial charge < -0.3 is 4.98 Å². The van der Waals surface area contributed by atoms with Gasteiger partial charge in [0.2, 0.25) is 0 Å². The third-order valence-corrected chi connectivity index (χ3v) is 2.39. The normalized spacial score (nSPS) is 11.2. The molecule has 0 fully saturated rings. The maximum atomic E-state index is 5.92. The Morgan fingerprint density at radius 1 is 1.21 bits per heavy atom. The molecule has 0 unspecified atom stereocenters.